The van der Waals surface area contributed by atoms with Crippen molar-refractivity contribution in [3.63, 3.8) is 0 Å². The zero-order chi connectivity index (χ0) is 16.8. The van der Waals surface area contributed by atoms with Crippen LogP contribution in [0, 0.1) is 0 Å². The molecule has 1 aliphatic carbocycles. The van der Waals surface area contributed by atoms with Gasteiger partial charge in [-0.25, -0.2) is 4.68 Å². The van der Waals surface area contributed by atoms with Crippen molar-refractivity contribution < 1.29 is 23.1 Å². The summed E-state index contributed by atoms with van der Waals surface area (Å²) in [4.78, 5) is 15.4. The highest BCUT2D eigenvalue weighted by atomic mass is 79.9. The summed E-state index contributed by atoms with van der Waals surface area (Å²) in [5, 5.41) is 13.1. The Kier molecular flexibility index (Phi) is 3.91. The second-order valence-electron chi connectivity index (χ2n) is 5.27. The number of rotatable bonds is 2. The molecular formula is C14H11BrF3N3O2. The Labute approximate surface area is 137 Å². The predicted octanol–water partition coefficient (Wildman–Crippen LogP) is 3.55. The standard InChI is InChI=1S/C14H11BrF3N3O2/c15-7-4-8(6-19-5-7)21-11-9(12(20-21)14(16,17)18)2-1-3-10(11)13(22)23/h4-6,10H,1-3H2,(H,22,23). The van der Waals surface area contributed by atoms with E-state index in [-0.39, 0.29) is 24.1 Å². The molecule has 0 spiro atoms. The third-order valence-corrected chi connectivity index (χ3v) is 4.21. The van der Waals surface area contributed by atoms with Gasteiger partial charge in [-0.3, -0.25) is 9.78 Å². The number of nitrogens with zero attached hydrogens (tertiary/aromatic N) is 3. The molecule has 0 saturated carbocycles. The fourth-order valence-corrected chi connectivity index (χ4v) is 3.22. The summed E-state index contributed by atoms with van der Waals surface area (Å²) in [5.74, 6) is -2.16. The third kappa shape index (κ3) is 2.85. The molecule has 0 aromatic carbocycles. The molecule has 0 fully saturated rings. The lowest BCUT2D eigenvalue weighted by Crippen LogP contribution is -2.21. The van der Waals surface area contributed by atoms with Crippen molar-refractivity contribution in [3.8, 4) is 5.69 Å². The quantitative estimate of drug-likeness (QED) is 0.852. The van der Waals surface area contributed by atoms with Crippen LogP contribution < -0.4 is 0 Å². The van der Waals surface area contributed by atoms with Crippen LogP contribution >= 0.6 is 15.9 Å². The predicted molar refractivity (Wildman–Crippen MR) is 77.4 cm³/mol. The molecule has 1 N–H and O–H groups in total. The molecule has 5 nitrogen and oxygen atoms in total. The molecule has 2 heterocycles. The molecule has 1 atom stereocenters. The first-order valence-corrected chi connectivity index (χ1v) is 7.61. The van der Waals surface area contributed by atoms with Crippen molar-refractivity contribution in [2.45, 2.75) is 31.4 Å². The SMILES string of the molecule is O=C(O)C1CCCc2c(C(F)(F)F)nn(-c3cncc(Br)c3)c21. The van der Waals surface area contributed by atoms with Gasteiger partial charge in [-0.15, -0.1) is 0 Å². The van der Waals surface area contributed by atoms with Crippen molar-refractivity contribution in [2.24, 2.45) is 0 Å². The number of aromatic nitrogens is 3. The number of carboxylic acid groups (broad SMARTS) is 1. The van der Waals surface area contributed by atoms with Crippen LogP contribution in [0.2, 0.25) is 0 Å². The summed E-state index contributed by atoms with van der Waals surface area (Å²) in [5.41, 5.74) is -0.662. The third-order valence-electron chi connectivity index (χ3n) is 3.77. The van der Waals surface area contributed by atoms with Crippen LogP contribution in [0.1, 0.15) is 35.7 Å². The largest absolute Gasteiger partial charge is 0.481 e. The van der Waals surface area contributed by atoms with Crippen molar-refractivity contribution in [3.05, 3.63) is 39.9 Å². The second kappa shape index (κ2) is 5.63. The van der Waals surface area contributed by atoms with Crippen LogP contribution in [0.15, 0.2) is 22.9 Å². The van der Waals surface area contributed by atoms with E-state index in [9.17, 15) is 23.1 Å². The number of pyridine rings is 1. The van der Waals surface area contributed by atoms with Crippen LogP contribution in [0.3, 0.4) is 0 Å². The van der Waals surface area contributed by atoms with Gasteiger partial charge in [-0.2, -0.15) is 18.3 Å². The summed E-state index contributed by atoms with van der Waals surface area (Å²) in [6.07, 6.45) is -0.961. The highest BCUT2D eigenvalue weighted by Crippen LogP contribution is 2.41. The minimum Gasteiger partial charge on any atom is -0.481 e. The van der Waals surface area contributed by atoms with Gasteiger partial charge >= 0.3 is 12.1 Å². The van der Waals surface area contributed by atoms with Gasteiger partial charge in [-0.1, -0.05) is 0 Å². The van der Waals surface area contributed by atoms with Crippen molar-refractivity contribution >= 4 is 21.9 Å². The molecule has 2 aromatic heterocycles. The molecule has 0 saturated heterocycles. The van der Waals surface area contributed by atoms with Gasteiger partial charge in [0.25, 0.3) is 0 Å². The number of halogens is 4. The van der Waals surface area contributed by atoms with Crippen LogP contribution in [0.25, 0.3) is 5.69 Å². The van der Waals surface area contributed by atoms with E-state index in [0.717, 1.165) is 4.68 Å². The summed E-state index contributed by atoms with van der Waals surface area (Å²) in [6, 6.07) is 1.55. The zero-order valence-electron chi connectivity index (χ0n) is 11.6. The topological polar surface area (TPSA) is 68.0 Å². The van der Waals surface area contributed by atoms with E-state index in [2.05, 4.69) is 26.0 Å². The maximum Gasteiger partial charge on any atom is 0.435 e. The van der Waals surface area contributed by atoms with Crippen molar-refractivity contribution in [1.29, 1.82) is 0 Å². The lowest BCUT2D eigenvalue weighted by Gasteiger charge is -2.21. The monoisotopic (exact) mass is 389 g/mol. The smallest absolute Gasteiger partial charge is 0.435 e. The molecule has 0 bridgehead atoms. The summed E-state index contributed by atoms with van der Waals surface area (Å²) in [7, 11) is 0. The number of carboxylic acids is 1. The van der Waals surface area contributed by atoms with E-state index in [4.69, 9.17) is 0 Å². The van der Waals surface area contributed by atoms with E-state index >= 15 is 0 Å². The van der Waals surface area contributed by atoms with E-state index in [1.165, 1.54) is 12.4 Å². The maximum absolute atomic E-state index is 13.3. The Morgan fingerprint density at radius 1 is 1.39 bits per heavy atom. The Hall–Kier alpha value is -1.90. The first kappa shape index (κ1) is 16.0. The number of hydrogen-bond acceptors (Lipinski definition) is 3. The van der Waals surface area contributed by atoms with E-state index in [1.54, 1.807) is 6.07 Å². The van der Waals surface area contributed by atoms with Gasteiger partial charge in [0.1, 0.15) is 0 Å². The minimum atomic E-state index is -4.63. The van der Waals surface area contributed by atoms with E-state index in [1.807, 2.05) is 0 Å². The molecule has 23 heavy (non-hydrogen) atoms. The van der Waals surface area contributed by atoms with Crippen LogP contribution in [0.5, 0.6) is 0 Å². The maximum atomic E-state index is 13.3. The first-order chi connectivity index (χ1) is 10.8. The minimum absolute atomic E-state index is 0.0314. The van der Waals surface area contributed by atoms with E-state index < -0.39 is 23.8 Å². The number of alkyl halides is 3. The van der Waals surface area contributed by atoms with Crippen molar-refractivity contribution in [2.75, 3.05) is 0 Å². The van der Waals surface area contributed by atoms with Crippen LogP contribution in [0.4, 0.5) is 13.2 Å². The van der Waals surface area contributed by atoms with Crippen LogP contribution in [-0.4, -0.2) is 25.8 Å². The first-order valence-electron chi connectivity index (χ1n) is 6.81. The Morgan fingerprint density at radius 3 is 2.74 bits per heavy atom. The normalized spacial score (nSPS) is 17.8. The summed E-state index contributed by atoms with van der Waals surface area (Å²) >= 11 is 3.20. The molecule has 3 rings (SSSR count). The van der Waals surface area contributed by atoms with Crippen molar-refractivity contribution in [1.82, 2.24) is 14.8 Å². The van der Waals surface area contributed by atoms with E-state index in [0.29, 0.717) is 16.6 Å². The van der Waals surface area contributed by atoms with Gasteiger partial charge in [0, 0.05) is 16.2 Å². The average Bonchev–Trinajstić information content (AvgIpc) is 2.86. The molecule has 122 valence electrons. The summed E-state index contributed by atoms with van der Waals surface area (Å²) in [6.45, 7) is 0. The lowest BCUT2D eigenvalue weighted by atomic mass is 9.86. The molecule has 1 aliphatic rings. The molecular weight excluding hydrogens is 379 g/mol. The number of carbonyl (C=O) groups is 1. The van der Waals surface area contributed by atoms with Crippen LogP contribution in [-0.2, 0) is 17.4 Å². The lowest BCUT2D eigenvalue weighted by molar-refractivity contribution is -0.142. The number of aliphatic carboxylic acids is 1. The molecule has 9 heteroatoms. The average molecular weight is 390 g/mol. The Balaban J connectivity index is 2.27. The Morgan fingerprint density at radius 2 is 2.13 bits per heavy atom. The molecule has 0 amide bonds. The molecule has 2 aromatic rings. The van der Waals surface area contributed by atoms with Gasteiger partial charge < -0.3 is 5.11 Å². The number of hydrogen-bond donors (Lipinski definition) is 1. The number of fused-ring (bicyclic) bond motifs is 1. The Bertz CT molecular complexity index is 773. The van der Waals surface area contributed by atoms with Gasteiger partial charge in [0.15, 0.2) is 5.69 Å². The fraction of sp³-hybridized carbons (Fsp3) is 0.357. The van der Waals surface area contributed by atoms with Gasteiger partial charge in [0.05, 0.1) is 23.5 Å². The fourth-order valence-electron chi connectivity index (χ4n) is 2.87. The highest BCUT2D eigenvalue weighted by Gasteiger charge is 2.43. The zero-order valence-corrected chi connectivity index (χ0v) is 13.2. The molecule has 0 radical (unpaired) electrons. The van der Waals surface area contributed by atoms with Gasteiger partial charge in [-0.05, 0) is 41.3 Å². The summed E-state index contributed by atoms with van der Waals surface area (Å²) < 4.78 is 41.4. The molecule has 0 aliphatic heterocycles. The second-order valence-corrected chi connectivity index (χ2v) is 6.18. The highest BCUT2D eigenvalue weighted by molar-refractivity contribution is 9.10. The molecule has 1 unspecified atom stereocenters. The van der Waals surface area contributed by atoms with Gasteiger partial charge in [0.2, 0.25) is 0 Å².